The number of hydrogen-bond acceptors (Lipinski definition) is 4. The van der Waals surface area contributed by atoms with E-state index < -0.39 is 0 Å². The number of aryl methyl sites for hydroxylation is 2. The van der Waals surface area contributed by atoms with Crippen molar-refractivity contribution in [3.63, 3.8) is 0 Å². The summed E-state index contributed by atoms with van der Waals surface area (Å²) >= 11 is 1.65. The molecule has 3 rings (SSSR count). The number of aromatic nitrogens is 2. The van der Waals surface area contributed by atoms with Gasteiger partial charge in [0, 0.05) is 24.5 Å². The van der Waals surface area contributed by atoms with Crippen molar-refractivity contribution >= 4 is 27.4 Å². The fourth-order valence-corrected chi connectivity index (χ4v) is 3.57. The number of thiophene rings is 1. The van der Waals surface area contributed by atoms with Gasteiger partial charge in [0.25, 0.3) is 0 Å². The van der Waals surface area contributed by atoms with Crippen molar-refractivity contribution in [1.29, 1.82) is 0 Å². The van der Waals surface area contributed by atoms with Gasteiger partial charge in [0.1, 0.15) is 22.3 Å². The number of halogens is 1. The SMILES string of the molecule is Cc1nc(N(C)C)c2c(-c3ccc(F)cc3)c(C)sc2n1. The summed E-state index contributed by atoms with van der Waals surface area (Å²) in [5.74, 6) is 1.44. The first-order valence-corrected chi connectivity index (χ1v) is 7.50. The van der Waals surface area contributed by atoms with E-state index in [-0.39, 0.29) is 5.82 Å². The Morgan fingerprint density at radius 2 is 1.71 bits per heavy atom. The molecule has 108 valence electrons. The van der Waals surface area contributed by atoms with Gasteiger partial charge in [-0.1, -0.05) is 12.1 Å². The molecule has 0 saturated heterocycles. The summed E-state index contributed by atoms with van der Waals surface area (Å²) in [4.78, 5) is 13.3. The van der Waals surface area contributed by atoms with Crippen LogP contribution >= 0.6 is 11.3 Å². The minimum atomic E-state index is -0.226. The lowest BCUT2D eigenvalue weighted by molar-refractivity contribution is 0.628. The van der Waals surface area contributed by atoms with Gasteiger partial charge >= 0.3 is 0 Å². The zero-order valence-corrected chi connectivity index (χ0v) is 13.3. The Labute approximate surface area is 127 Å². The maximum absolute atomic E-state index is 13.2. The van der Waals surface area contributed by atoms with Crippen LogP contribution in [0.2, 0.25) is 0 Å². The Bertz CT molecular complexity index is 806. The number of hydrogen-bond donors (Lipinski definition) is 0. The number of fused-ring (bicyclic) bond motifs is 1. The number of nitrogens with zero attached hydrogens (tertiary/aromatic N) is 3. The summed E-state index contributed by atoms with van der Waals surface area (Å²) < 4.78 is 13.2. The highest BCUT2D eigenvalue weighted by Crippen LogP contribution is 2.41. The average molecular weight is 301 g/mol. The zero-order valence-electron chi connectivity index (χ0n) is 12.4. The van der Waals surface area contributed by atoms with Crippen LogP contribution in [0.15, 0.2) is 24.3 Å². The molecule has 0 unspecified atom stereocenters. The Morgan fingerprint density at radius 1 is 1.05 bits per heavy atom. The summed E-state index contributed by atoms with van der Waals surface area (Å²) in [5.41, 5.74) is 2.09. The summed E-state index contributed by atoms with van der Waals surface area (Å²) in [7, 11) is 3.95. The minimum absolute atomic E-state index is 0.226. The van der Waals surface area contributed by atoms with Crippen LogP contribution in [-0.4, -0.2) is 24.1 Å². The molecule has 0 saturated carbocycles. The van der Waals surface area contributed by atoms with Crippen molar-refractivity contribution in [2.75, 3.05) is 19.0 Å². The first kappa shape index (κ1) is 13.9. The normalized spacial score (nSPS) is 11.1. The van der Waals surface area contributed by atoms with E-state index >= 15 is 0 Å². The molecular formula is C16H16FN3S. The van der Waals surface area contributed by atoms with Crippen molar-refractivity contribution in [3.8, 4) is 11.1 Å². The third-order valence-electron chi connectivity index (χ3n) is 3.38. The van der Waals surface area contributed by atoms with Crippen molar-refractivity contribution in [3.05, 3.63) is 40.8 Å². The number of rotatable bonds is 2. The molecule has 21 heavy (non-hydrogen) atoms. The van der Waals surface area contributed by atoms with E-state index in [9.17, 15) is 4.39 Å². The standard InChI is InChI=1S/C16H16FN3S/c1-9-13(11-5-7-12(17)8-6-11)14-15(20(3)4)18-10(2)19-16(14)21-9/h5-8H,1-4H3. The van der Waals surface area contributed by atoms with Gasteiger partial charge in [-0.05, 0) is 31.5 Å². The van der Waals surface area contributed by atoms with Gasteiger partial charge in [-0.15, -0.1) is 11.3 Å². The molecule has 0 spiro atoms. The Morgan fingerprint density at radius 3 is 2.33 bits per heavy atom. The van der Waals surface area contributed by atoms with Gasteiger partial charge in [-0.2, -0.15) is 0 Å². The maximum atomic E-state index is 13.2. The molecule has 3 aromatic rings. The predicted octanol–water partition coefficient (Wildman–Crippen LogP) is 4.18. The highest BCUT2D eigenvalue weighted by atomic mass is 32.1. The van der Waals surface area contributed by atoms with Gasteiger partial charge < -0.3 is 4.90 Å². The molecule has 0 bridgehead atoms. The lowest BCUT2D eigenvalue weighted by atomic mass is 10.0. The third kappa shape index (κ3) is 2.38. The molecule has 0 atom stereocenters. The molecule has 1 aromatic carbocycles. The van der Waals surface area contributed by atoms with Crippen LogP contribution in [0.3, 0.4) is 0 Å². The number of benzene rings is 1. The first-order valence-electron chi connectivity index (χ1n) is 6.68. The van der Waals surface area contributed by atoms with Gasteiger partial charge in [0.15, 0.2) is 0 Å². The topological polar surface area (TPSA) is 29.0 Å². The molecule has 0 aliphatic rings. The molecule has 0 aliphatic heterocycles. The predicted molar refractivity (Wildman–Crippen MR) is 86.6 cm³/mol. The molecule has 2 heterocycles. The fourth-order valence-electron chi connectivity index (χ4n) is 2.49. The molecule has 2 aromatic heterocycles. The van der Waals surface area contributed by atoms with Crippen LogP contribution in [0, 0.1) is 19.7 Å². The van der Waals surface area contributed by atoms with Crippen LogP contribution in [0.4, 0.5) is 10.2 Å². The van der Waals surface area contributed by atoms with E-state index in [0.717, 1.165) is 33.0 Å². The summed E-state index contributed by atoms with van der Waals surface area (Å²) in [5, 5.41) is 1.04. The van der Waals surface area contributed by atoms with Gasteiger partial charge in [-0.25, -0.2) is 14.4 Å². The van der Waals surface area contributed by atoms with Gasteiger partial charge in [-0.3, -0.25) is 0 Å². The van der Waals surface area contributed by atoms with Crippen LogP contribution < -0.4 is 4.90 Å². The van der Waals surface area contributed by atoms with E-state index in [1.807, 2.05) is 38.1 Å². The van der Waals surface area contributed by atoms with E-state index in [4.69, 9.17) is 0 Å². The maximum Gasteiger partial charge on any atom is 0.141 e. The molecule has 0 radical (unpaired) electrons. The van der Waals surface area contributed by atoms with E-state index in [1.54, 1.807) is 11.3 Å². The Balaban J connectivity index is 2.37. The summed E-state index contributed by atoms with van der Waals surface area (Å²) in [6.07, 6.45) is 0. The smallest absolute Gasteiger partial charge is 0.141 e. The first-order chi connectivity index (χ1) is 9.97. The highest BCUT2D eigenvalue weighted by molar-refractivity contribution is 7.19. The van der Waals surface area contributed by atoms with Crippen molar-refractivity contribution in [1.82, 2.24) is 9.97 Å². The summed E-state index contributed by atoms with van der Waals surface area (Å²) in [6.45, 7) is 3.97. The van der Waals surface area contributed by atoms with Crippen LogP contribution in [0.25, 0.3) is 21.3 Å². The van der Waals surface area contributed by atoms with Crippen LogP contribution in [0.1, 0.15) is 10.7 Å². The molecule has 0 aliphatic carbocycles. The van der Waals surface area contributed by atoms with Crippen LogP contribution in [-0.2, 0) is 0 Å². The third-order valence-corrected chi connectivity index (χ3v) is 4.38. The van der Waals surface area contributed by atoms with Crippen LogP contribution in [0.5, 0.6) is 0 Å². The van der Waals surface area contributed by atoms with E-state index in [1.165, 1.54) is 17.0 Å². The lowest BCUT2D eigenvalue weighted by Crippen LogP contribution is -2.12. The zero-order chi connectivity index (χ0) is 15.1. The van der Waals surface area contributed by atoms with Gasteiger partial charge in [0.05, 0.1) is 5.39 Å². The molecule has 5 heteroatoms. The fraction of sp³-hybridized carbons (Fsp3) is 0.250. The molecule has 0 fully saturated rings. The Kier molecular flexibility index (Phi) is 3.37. The van der Waals surface area contributed by atoms with Crippen molar-refractivity contribution in [2.24, 2.45) is 0 Å². The minimum Gasteiger partial charge on any atom is -0.362 e. The average Bonchev–Trinajstić information content (AvgIpc) is 2.74. The highest BCUT2D eigenvalue weighted by Gasteiger charge is 2.18. The lowest BCUT2D eigenvalue weighted by Gasteiger charge is -2.14. The molecule has 0 amide bonds. The largest absolute Gasteiger partial charge is 0.362 e. The molecule has 0 N–H and O–H groups in total. The Hall–Kier alpha value is -2.01. The second-order valence-electron chi connectivity index (χ2n) is 5.21. The number of anilines is 1. The quantitative estimate of drug-likeness (QED) is 0.711. The molecular weight excluding hydrogens is 285 g/mol. The van der Waals surface area contributed by atoms with E-state index in [2.05, 4.69) is 16.9 Å². The van der Waals surface area contributed by atoms with Gasteiger partial charge in [0.2, 0.25) is 0 Å². The van der Waals surface area contributed by atoms with Crippen molar-refractivity contribution < 1.29 is 4.39 Å². The van der Waals surface area contributed by atoms with E-state index in [0.29, 0.717) is 0 Å². The summed E-state index contributed by atoms with van der Waals surface area (Å²) in [6, 6.07) is 6.59. The second kappa shape index (κ2) is 5.07. The molecule has 3 nitrogen and oxygen atoms in total. The van der Waals surface area contributed by atoms with Crippen molar-refractivity contribution in [2.45, 2.75) is 13.8 Å². The monoisotopic (exact) mass is 301 g/mol. The second-order valence-corrected chi connectivity index (χ2v) is 6.41.